The number of nitro groups is 1. The minimum atomic E-state index is -0.422. The Balaban J connectivity index is 1.98. The molecule has 1 unspecified atom stereocenters. The van der Waals surface area contributed by atoms with E-state index in [1.54, 1.807) is 6.07 Å². The standard InChI is InChI=1S/C13H18ClN3O2/c1-15-7-10-4-5-16(8-10)9-11-2-3-12(17(18)19)6-13(11)14/h2-3,6,10,15H,4-5,7-9H2,1H3. The average molecular weight is 284 g/mol. The molecule has 6 heteroatoms. The molecule has 1 saturated heterocycles. The molecule has 0 saturated carbocycles. The minimum Gasteiger partial charge on any atom is -0.319 e. The number of halogens is 1. The van der Waals surface area contributed by atoms with Gasteiger partial charge < -0.3 is 5.32 Å². The van der Waals surface area contributed by atoms with Crippen molar-refractivity contribution in [3.63, 3.8) is 0 Å². The Labute approximate surface area is 117 Å². The summed E-state index contributed by atoms with van der Waals surface area (Å²) in [6.45, 7) is 3.90. The van der Waals surface area contributed by atoms with Gasteiger partial charge in [-0.1, -0.05) is 11.6 Å². The van der Waals surface area contributed by atoms with E-state index in [-0.39, 0.29) is 5.69 Å². The Kier molecular flexibility index (Phi) is 4.74. The molecule has 0 aliphatic carbocycles. The van der Waals surface area contributed by atoms with E-state index in [0.29, 0.717) is 10.9 Å². The molecule has 0 spiro atoms. The van der Waals surface area contributed by atoms with E-state index in [4.69, 9.17) is 11.6 Å². The van der Waals surface area contributed by atoms with E-state index in [0.717, 1.165) is 31.7 Å². The van der Waals surface area contributed by atoms with Gasteiger partial charge in [0.05, 0.1) is 9.95 Å². The lowest BCUT2D eigenvalue weighted by molar-refractivity contribution is -0.384. The van der Waals surface area contributed by atoms with Crippen molar-refractivity contribution in [2.24, 2.45) is 5.92 Å². The zero-order valence-electron chi connectivity index (χ0n) is 10.9. The van der Waals surface area contributed by atoms with Crippen LogP contribution in [0.5, 0.6) is 0 Å². The van der Waals surface area contributed by atoms with Crippen LogP contribution >= 0.6 is 11.6 Å². The van der Waals surface area contributed by atoms with Gasteiger partial charge in [-0.25, -0.2) is 0 Å². The largest absolute Gasteiger partial charge is 0.319 e. The fourth-order valence-electron chi connectivity index (χ4n) is 2.53. The summed E-state index contributed by atoms with van der Waals surface area (Å²) in [4.78, 5) is 12.6. The van der Waals surface area contributed by atoms with E-state index >= 15 is 0 Å². The second-order valence-corrected chi connectivity index (χ2v) is 5.39. The van der Waals surface area contributed by atoms with Gasteiger partial charge in [-0.2, -0.15) is 0 Å². The molecule has 1 aromatic rings. The second-order valence-electron chi connectivity index (χ2n) is 4.98. The number of non-ortho nitro benzene ring substituents is 1. The van der Waals surface area contributed by atoms with Gasteiger partial charge in [0.1, 0.15) is 0 Å². The van der Waals surface area contributed by atoms with Crippen molar-refractivity contribution in [1.29, 1.82) is 0 Å². The first-order chi connectivity index (χ1) is 9.10. The van der Waals surface area contributed by atoms with Crippen LogP contribution in [0.25, 0.3) is 0 Å². The highest BCUT2D eigenvalue weighted by molar-refractivity contribution is 6.31. The van der Waals surface area contributed by atoms with Gasteiger partial charge in [0.15, 0.2) is 0 Å². The molecular weight excluding hydrogens is 266 g/mol. The SMILES string of the molecule is CNCC1CCN(Cc2ccc([N+](=O)[O-])cc2Cl)C1. The zero-order valence-corrected chi connectivity index (χ0v) is 11.7. The molecule has 19 heavy (non-hydrogen) atoms. The van der Waals surface area contributed by atoms with Crippen LogP contribution in [0, 0.1) is 16.0 Å². The number of rotatable bonds is 5. The van der Waals surface area contributed by atoms with E-state index in [9.17, 15) is 10.1 Å². The zero-order chi connectivity index (χ0) is 13.8. The van der Waals surface area contributed by atoms with Gasteiger partial charge in [0.2, 0.25) is 0 Å². The molecule has 1 atom stereocenters. The summed E-state index contributed by atoms with van der Waals surface area (Å²) in [5.74, 6) is 0.682. The number of hydrogen-bond acceptors (Lipinski definition) is 4. The number of nitrogens with one attached hydrogen (secondary N) is 1. The first-order valence-electron chi connectivity index (χ1n) is 6.40. The van der Waals surface area contributed by atoms with Crippen LogP contribution in [0.2, 0.25) is 5.02 Å². The molecule has 1 heterocycles. The fraction of sp³-hybridized carbons (Fsp3) is 0.538. The number of hydrogen-bond donors (Lipinski definition) is 1. The second kappa shape index (κ2) is 6.32. The highest BCUT2D eigenvalue weighted by Crippen LogP contribution is 2.25. The average Bonchev–Trinajstić information content (AvgIpc) is 2.79. The molecule has 1 aliphatic rings. The third-order valence-corrected chi connectivity index (χ3v) is 3.86. The maximum atomic E-state index is 10.7. The van der Waals surface area contributed by atoms with Crippen LogP contribution in [-0.4, -0.2) is 36.5 Å². The van der Waals surface area contributed by atoms with E-state index < -0.39 is 4.92 Å². The lowest BCUT2D eigenvalue weighted by Crippen LogP contribution is -2.24. The Morgan fingerprint density at radius 2 is 2.37 bits per heavy atom. The summed E-state index contributed by atoms with van der Waals surface area (Å²) in [6, 6.07) is 4.70. The van der Waals surface area contributed by atoms with Crippen LogP contribution in [0.4, 0.5) is 5.69 Å². The molecule has 0 amide bonds. The van der Waals surface area contributed by atoms with E-state index in [2.05, 4.69) is 10.2 Å². The van der Waals surface area contributed by atoms with Crippen molar-refractivity contribution in [2.45, 2.75) is 13.0 Å². The quantitative estimate of drug-likeness (QED) is 0.665. The van der Waals surface area contributed by atoms with E-state index in [1.807, 2.05) is 7.05 Å². The Morgan fingerprint density at radius 3 is 3.00 bits per heavy atom. The predicted octanol–water partition coefficient (Wildman–Crippen LogP) is 2.29. The van der Waals surface area contributed by atoms with Crippen molar-refractivity contribution in [2.75, 3.05) is 26.7 Å². The molecule has 5 nitrogen and oxygen atoms in total. The topological polar surface area (TPSA) is 58.4 Å². The number of likely N-dealkylation sites (tertiary alicyclic amines) is 1. The van der Waals surface area contributed by atoms with Gasteiger partial charge in [0.25, 0.3) is 5.69 Å². The maximum absolute atomic E-state index is 10.7. The van der Waals surface area contributed by atoms with Crippen molar-refractivity contribution in [3.05, 3.63) is 38.9 Å². The van der Waals surface area contributed by atoms with Crippen LogP contribution in [0.1, 0.15) is 12.0 Å². The summed E-state index contributed by atoms with van der Waals surface area (Å²) in [5.41, 5.74) is 1.00. The Hall–Kier alpha value is -1.17. The predicted molar refractivity (Wildman–Crippen MR) is 75.4 cm³/mol. The van der Waals surface area contributed by atoms with Gasteiger partial charge in [-0.15, -0.1) is 0 Å². The first kappa shape index (κ1) is 14.2. The van der Waals surface area contributed by atoms with Crippen molar-refractivity contribution in [1.82, 2.24) is 10.2 Å². The van der Waals surface area contributed by atoms with Crippen molar-refractivity contribution < 1.29 is 4.92 Å². The van der Waals surface area contributed by atoms with Crippen LogP contribution in [-0.2, 0) is 6.54 Å². The number of nitrogens with zero attached hydrogens (tertiary/aromatic N) is 2. The molecule has 2 rings (SSSR count). The summed E-state index contributed by atoms with van der Waals surface area (Å²) < 4.78 is 0. The minimum absolute atomic E-state index is 0.0447. The molecule has 1 aromatic carbocycles. The highest BCUT2D eigenvalue weighted by Gasteiger charge is 2.22. The molecule has 1 fully saturated rings. The first-order valence-corrected chi connectivity index (χ1v) is 6.77. The van der Waals surface area contributed by atoms with E-state index in [1.165, 1.54) is 18.6 Å². The molecule has 0 bridgehead atoms. The molecule has 104 valence electrons. The van der Waals surface area contributed by atoms with Gasteiger partial charge in [-0.05, 0) is 44.1 Å². The lowest BCUT2D eigenvalue weighted by Gasteiger charge is -2.16. The van der Waals surface area contributed by atoms with Crippen molar-refractivity contribution >= 4 is 17.3 Å². The smallest absolute Gasteiger partial charge is 0.270 e. The Bertz CT molecular complexity index is 467. The summed E-state index contributed by atoms with van der Waals surface area (Å²) in [5, 5.41) is 14.3. The monoisotopic (exact) mass is 283 g/mol. The summed E-state index contributed by atoms with van der Waals surface area (Å²) in [6.07, 6.45) is 1.19. The normalized spacial score (nSPS) is 19.8. The summed E-state index contributed by atoms with van der Waals surface area (Å²) >= 11 is 6.11. The molecule has 1 aliphatic heterocycles. The Morgan fingerprint density at radius 1 is 1.58 bits per heavy atom. The summed E-state index contributed by atoms with van der Waals surface area (Å²) in [7, 11) is 1.97. The van der Waals surface area contributed by atoms with Crippen LogP contribution < -0.4 is 5.32 Å². The van der Waals surface area contributed by atoms with Gasteiger partial charge in [-0.3, -0.25) is 15.0 Å². The lowest BCUT2D eigenvalue weighted by atomic mass is 10.1. The van der Waals surface area contributed by atoms with Crippen molar-refractivity contribution in [3.8, 4) is 0 Å². The number of benzene rings is 1. The van der Waals surface area contributed by atoms with Gasteiger partial charge in [0, 0.05) is 25.2 Å². The highest BCUT2D eigenvalue weighted by atomic mass is 35.5. The molecular formula is C13H18ClN3O2. The van der Waals surface area contributed by atoms with Crippen LogP contribution in [0.3, 0.4) is 0 Å². The molecule has 1 N–H and O–H groups in total. The maximum Gasteiger partial charge on any atom is 0.270 e. The number of nitro benzene ring substituents is 1. The molecule has 0 aromatic heterocycles. The third kappa shape index (κ3) is 3.65. The molecule has 0 radical (unpaired) electrons. The fourth-order valence-corrected chi connectivity index (χ4v) is 2.77. The third-order valence-electron chi connectivity index (χ3n) is 3.50. The van der Waals surface area contributed by atoms with Gasteiger partial charge >= 0.3 is 0 Å². The van der Waals surface area contributed by atoms with Crippen LogP contribution in [0.15, 0.2) is 18.2 Å².